The third-order valence-corrected chi connectivity index (χ3v) is 6.34. The standard InChI is InChI=1S/C15H21ClN2O3S/c16-15-4-3-12(8-17-15)9-18(10-14-2-1-6-21-14)13-5-7-22(19,20)11-13/h3-4,8,13-14H,1-2,5-7,9-11H2/t13-,14-/m1/s1. The van der Waals surface area contributed by atoms with Crippen molar-refractivity contribution in [2.75, 3.05) is 24.7 Å². The SMILES string of the molecule is O=S1(=O)CC[C@@H](N(Cc2ccc(Cl)nc2)C[C@H]2CCCO2)C1. The van der Waals surface area contributed by atoms with Crippen LogP contribution in [0.3, 0.4) is 0 Å². The molecular formula is C15H21ClN2O3S. The van der Waals surface area contributed by atoms with Crippen LogP contribution in [0, 0.1) is 0 Å². The first-order valence-electron chi connectivity index (χ1n) is 7.68. The molecule has 1 aromatic rings. The molecule has 7 heteroatoms. The summed E-state index contributed by atoms with van der Waals surface area (Å²) in [5.74, 6) is 0.541. The molecule has 2 atom stereocenters. The van der Waals surface area contributed by atoms with Gasteiger partial charge in [0.25, 0.3) is 0 Å². The minimum absolute atomic E-state index is 0.0740. The zero-order valence-electron chi connectivity index (χ0n) is 12.4. The van der Waals surface area contributed by atoms with E-state index in [0.717, 1.165) is 31.6 Å². The quantitative estimate of drug-likeness (QED) is 0.763. The lowest BCUT2D eigenvalue weighted by atomic mass is 10.1. The lowest BCUT2D eigenvalue weighted by Gasteiger charge is -2.30. The number of pyridine rings is 1. The van der Waals surface area contributed by atoms with Crippen molar-refractivity contribution in [3.63, 3.8) is 0 Å². The van der Waals surface area contributed by atoms with E-state index in [-0.39, 0.29) is 17.9 Å². The number of ether oxygens (including phenoxy) is 1. The van der Waals surface area contributed by atoms with Gasteiger partial charge in [-0.1, -0.05) is 17.7 Å². The number of sulfone groups is 1. The molecule has 1 aromatic heterocycles. The van der Waals surface area contributed by atoms with Gasteiger partial charge in [-0.05, 0) is 30.9 Å². The van der Waals surface area contributed by atoms with Gasteiger partial charge in [-0.3, -0.25) is 4.90 Å². The van der Waals surface area contributed by atoms with Gasteiger partial charge < -0.3 is 4.74 Å². The number of aromatic nitrogens is 1. The fourth-order valence-electron chi connectivity index (χ4n) is 3.19. The predicted molar refractivity (Wildman–Crippen MR) is 85.7 cm³/mol. The molecule has 0 radical (unpaired) electrons. The van der Waals surface area contributed by atoms with Gasteiger partial charge in [0.05, 0.1) is 17.6 Å². The van der Waals surface area contributed by atoms with Crippen LogP contribution >= 0.6 is 11.6 Å². The molecule has 0 unspecified atom stereocenters. The van der Waals surface area contributed by atoms with Crippen molar-refractivity contribution >= 4 is 21.4 Å². The first kappa shape index (κ1) is 16.2. The molecule has 0 saturated carbocycles. The van der Waals surface area contributed by atoms with E-state index in [9.17, 15) is 8.42 Å². The Morgan fingerprint density at radius 3 is 2.82 bits per heavy atom. The maximum absolute atomic E-state index is 11.8. The first-order chi connectivity index (χ1) is 10.5. The van der Waals surface area contributed by atoms with Gasteiger partial charge in [0.1, 0.15) is 5.15 Å². The Morgan fingerprint density at radius 2 is 2.23 bits per heavy atom. The van der Waals surface area contributed by atoms with Gasteiger partial charge in [-0.25, -0.2) is 13.4 Å². The highest BCUT2D eigenvalue weighted by Gasteiger charge is 2.33. The van der Waals surface area contributed by atoms with Crippen LogP contribution < -0.4 is 0 Å². The van der Waals surface area contributed by atoms with Crippen molar-refractivity contribution in [2.45, 2.75) is 38.0 Å². The largest absolute Gasteiger partial charge is 0.377 e. The molecule has 0 aliphatic carbocycles. The molecule has 0 aromatic carbocycles. The number of halogens is 1. The molecule has 0 spiro atoms. The van der Waals surface area contributed by atoms with E-state index < -0.39 is 9.84 Å². The second kappa shape index (κ2) is 6.83. The average Bonchev–Trinajstić information content (AvgIpc) is 3.10. The van der Waals surface area contributed by atoms with Crippen LogP contribution in [0.25, 0.3) is 0 Å². The van der Waals surface area contributed by atoms with Crippen LogP contribution in [0.2, 0.25) is 5.15 Å². The van der Waals surface area contributed by atoms with Crippen LogP contribution in [0.4, 0.5) is 0 Å². The monoisotopic (exact) mass is 344 g/mol. The van der Waals surface area contributed by atoms with Gasteiger partial charge in [-0.2, -0.15) is 0 Å². The van der Waals surface area contributed by atoms with Gasteiger partial charge >= 0.3 is 0 Å². The Balaban J connectivity index is 1.71. The van der Waals surface area contributed by atoms with E-state index in [0.29, 0.717) is 23.9 Å². The molecule has 0 bridgehead atoms. The molecule has 0 amide bonds. The summed E-state index contributed by atoms with van der Waals surface area (Å²) >= 11 is 5.83. The van der Waals surface area contributed by atoms with Crippen molar-refractivity contribution in [1.29, 1.82) is 0 Å². The van der Waals surface area contributed by atoms with E-state index in [1.54, 1.807) is 12.3 Å². The first-order valence-corrected chi connectivity index (χ1v) is 9.88. The molecule has 0 N–H and O–H groups in total. The van der Waals surface area contributed by atoms with Crippen molar-refractivity contribution < 1.29 is 13.2 Å². The molecule has 2 aliphatic rings. The summed E-state index contributed by atoms with van der Waals surface area (Å²) in [4.78, 5) is 6.35. The number of hydrogen-bond donors (Lipinski definition) is 0. The Bertz CT molecular complexity index is 600. The summed E-state index contributed by atoms with van der Waals surface area (Å²) in [6.07, 6.45) is 4.81. The van der Waals surface area contributed by atoms with E-state index in [4.69, 9.17) is 16.3 Å². The van der Waals surface area contributed by atoms with Gasteiger partial charge in [0, 0.05) is 31.9 Å². The lowest BCUT2D eigenvalue weighted by molar-refractivity contribution is 0.0574. The molecule has 3 rings (SSSR count). The summed E-state index contributed by atoms with van der Waals surface area (Å²) in [7, 11) is -2.89. The normalized spacial score (nSPS) is 27.5. The van der Waals surface area contributed by atoms with Crippen LogP contribution in [0.15, 0.2) is 18.3 Å². The van der Waals surface area contributed by atoms with E-state index in [2.05, 4.69) is 9.88 Å². The lowest BCUT2D eigenvalue weighted by Crippen LogP contribution is -2.40. The predicted octanol–water partition coefficient (Wildman–Crippen LogP) is 1.90. The molecule has 3 heterocycles. The minimum Gasteiger partial charge on any atom is -0.377 e. The molecule has 2 aliphatic heterocycles. The molecule has 22 heavy (non-hydrogen) atoms. The van der Waals surface area contributed by atoms with E-state index in [1.165, 1.54) is 0 Å². The Morgan fingerprint density at radius 1 is 1.36 bits per heavy atom. The zero-order valence-corrected chi connectivity index (χ0v) is 14.0. The highest BCUT2D eigenvalue weighted by atomic mass is 35.5. The van der Waals surface area contributed by atoms with Crippen LogP contribution in [-0.4, -0.2) is 55.1 Å². The Labute approximate surface area is 136 Å². The summed E-state index contributed by atoms with van der Waals surface area (Å²) < 4.78 is 29.3. The Hall–Kier alpha value is -0.690. The highest BCUT2D eigenvalue weighted by Crippen LogP contribution is 2.23. The molecule has 2 fully saturated rings. The molecule has 122 valence electrons. The average molecular weight is 345 g/mol. The van der Waals surface area contributed by atoms with Gasteiger partial charge in [0.2, 0.25) is 0 Å². The van der Waals surface area contributed by atoms with Crippen LogP contribution in [0.5, 0.6) is 0 Å². The molecular weight excluding hydrogens is 324 g/mol. The second-order valence-electron chi connectivity index (χ2n) is 6.11. The van der Waals surface area contributed by atoms with Crippen molar-refractivity contribution in [2.24, 2.45) is 0 Å². The van der Waals surface area contributed by atoms with Crippen LogP contribution in [0.1, 0.15) is 24.8 Å². The maximum Gasteiger partial charge on any atom is 0.151 e. The summed E-state index contributed by atoms with van der Waals surface area (Å²) in [6.45, 7) is 2.27. The van der Waals surface area contributed by atoms with Crippen molar-refractivity contribution in [3.8, 4) is 0 Å². The number of rotatable bonds is 5. The number of nitrogens with zero attached hydrogens (tertiary/aromatic N) is 2. The highest BCUT2D eigenvalue weighted by molar-refractivity contribution is 7.91. The molecule has 5 nitrogen and oxygen atoms in total. The van der Waals surface area contributed by atoms with Gasteiger partial charge in [0.15, 0.2) is 9.84 Å². The fraction of sp³-hybridized carbons (Fsp3) is 0.667. The van der Waals surface area contributed by atoms with Crippen molar-refractivity contribution in [1.82, 2.24) is 9.88 Å². The van der Waals surface area contributed by atoms with Gasteiger partial charge in [-0.15, -0.1) is 0 Å². The zero-order chi connectivity index (χ0) is 15.6. The second-order valence-corrected chi connectivity index (χ2v) is 8.73. The smallest absolute Gasteiger partial charge is 0.151 e. The van der Waals surface area contributed by atoms with E-state index >= 15 is 0 Å². The summed E-state index contributed by atoms with van der Waals surface area (Å²) in [5.41, 5.74) is 1.05. The fourth-order valence-corrected chi connectivity index (χ4v) is 5.06. The number of hydrogen-bond acceptors (Lipinski definition) is 5. The molecule has 2 saturated heterocycles. The Kier molecular flexibility index (Phi) is 5.02. The van der Waals surface area contributed by atoms with E-state index in [1.807, 2.05) is 6.07 Å². The minimum atomic E-state index is -2.89. The topological polar surface area (TPSA) is 59.5 Å². The van der Waals surface area contributed by atoms with Crippen molar-refractivity contribution in [3.05, 3.63) is 29.0 Å². The maximum atomic E-state index is 11.8. The summed E-state index contributed by atoms with van der Waals surface area (Å²) in [6, 6.07) is 3.79. The summed E-state index contributed by atoms with van der Waals surface area (Å²) in [5, 5.41) is 0.470. The third kappa shape index (κ3) is 4.19. The van der Waals surface area contributed by atoms with Crippen LogP contribution in [-0.2, 0) is 21.1 Å². The third-order valence-electron chi connectivity index (χ3n) is 4.36.